The molecule has 2 heterocycles. The number of fused-ring (bicyclic) bond motifs is 2. The van der Waals surface area contributed by atoms with Crippen molar-refractivity contribution in [3.8, 4) is 0 Å². The minimum absolute atomic E-state index is 0.179. The molecule has 1 aliphatic heterocycles. The summed E-state index contributed by atoms with van der Waals surface area (Å²) in [6, 6.07) is 13.8. The number of ether oxygens (including phenoxy) is 1. The number of methoxy groups -OCH3 is 1. The van der Waals surface area contributed by atoms with Gasteiger partial charge in [0.05, 0.1) is 23.2 Å². The maximum Gasteiger partial charge on any atom is 0.112 e. The monoisotopic (exact) mass is 495 g/mol. The van der Waals surface area contributed by atoms with Gasteiger partial charge < -0.3 is 14.2 Å². The summed E-state index contributed by atoms with van der Waals surface area (Å²) >= 11 is 3.63. The van der Waals surface area contributed by atoms with Gasteiger partial charge in [0.1, 0.15) is 5.82 Å². The molecule has 2 aromatic carbocycles. The fourth-order valence-corrected chi connectivity index (χ4v) is 6.22. The van der Waals surface area contributed by atoms with Crippen LogP contribution >= 0.6 is 15.9 Å². The molecule has 0 saturated carbocycles. The molecule has 0 radical (unpaired) electrons. The summed E-state index contributed by atoms with van der Waals surface area (Å²) < 4.78 is 9.80. The zero-order valence-electron chi connectivity index (χ0n) is 19.6. The molecule has 170 valence electrons. The van der Waals surface area contributed by atoms with Gasteiger partial charge in [0, 0.05) is 37.1 Å². The van der Waals surface area contributed by atoms with Crippen LogP contribution in [0.3, 0.4) is 0 Å². The summed E-state index contributed by atoms with van der Waals surface area (Å²) in [6.07, 6.45) is 3.67. The van der Waals surface area contributed by atoms with E-state index in [1.807, 2.05) is 7.11 Å². The van der Waals surface area contributed by atoms with Crippen LogP contribution in [-0.4, -0.2) is 47.3 Å². The van der Waals surface area contributed by atoms with Crippen molar-refractivity contribution >= 4 is 27.0 Å². The number of halogens is 1. The Balaban J connectivity index is 1.34. The number of likely N-dealkylation sites (tertiary alicyclic amines) is 1. The average molecular weight is 496 g/mol. The fraction of sp³-hybridized carbons (Fsp3) is 0.519. The molecular formula is C27H34BrN3O. The van der Waals surface area contributed by atoms with Crippen LogP contribution in [0.5, 0.6) is 0 Å². The molecule has 2 aliphatic rings. The lowest BCUT2D eigenvalue weighted by atomic mass is 9.97. The summed E-state index contributed by atoms with van der Waals surface area (Å²) in [6.45, 7) is 9.89. The summed E-state index contributed by atoms with van der Waals surface area (Å²) in [7, 11) is 1.88. The van der Waals surface area contributed by atoms with Crippen LogP contribution in [0.1, 0.15) is 54.7 Å². The van der Waals surface area contributed by atoms with E-state index in [1.165, 1.54) is 45.3 Å². The standard InChI is InChI=1S/C27H34BrN3O/c1-17(2)27-29-23-11-18(3)5-8-24(23)31(27)25-9-10-30(16-26(25)32-4)15-19-12-20-6-7-22(28)14-21(20)13-19/h5-8,11,14,17,19,25-26H,9-10,12-13,15-16H2,1-4H3/t19-,25+,26+/m1/s1. The van der Waals surface area contributed by atoms with Crippen molar-refractivity contribution in [2.45, 2.75) is 58.1 Å². The van der Waals surface area contributed by atoms with Crippen molar-refractivity contribution in [1.82, 2.24) is 14.5 Å². The maximum atomic E-state index is 6.11. The Kier molecular flexibility index (Phi) is 6.17. The van der Waals surface area contributed by atoms with Gasteiger partial charge in [-0.3, -0.25) is 0 Å². The highest BCUT2D eigenvalue weighted by molar-refractivity contribution is 9.10. The third kappa shape index (κ3) is 4.15. The first-order valence-electron chi connectivity index (χ1n) is 11.9. The Hall–Kier alpha value is -1.69. The minimum Gasteiger partial charge on any atom is -0.378 e. The van der Waals surface area contributed by atoms with Gasteiger partial charge in [0.25, 0.3) is 0 Å². The Morgan fingerprint density at radius 2 is 1.94 bits per heavy atom. The van der Waals surface area contributed by atoms with E-state index in [-0.39, 0.29) is 6.10 Å². The topological polar surface area (TPSA) is 30.3 Å². The lowest BCUT2D eigenvalue weighted by molar-refractivity contribution is -0.00966. The number of imidazole rings is 1. The average Bonchev–Trinajstić information content (AvgIpc) is 3.33. The number of aromatic nitrogens is 2. The van der Waals surface area contributed by atoms with Gasteiger partial charge in [-0.15, -0.1) is 0 Å². The van der Waals surface area contributed by atoms with Crippen molar-refractivity contribution < 1.29 is 4.74 Å². The first-order chi connectivity index (χ1) is 15.4. The molecule has 5 heteroatoms. The van der Waals surface area contributed by atoms with E-state index < -0.39 is 0 Å². The summed E-state index contributed by atoms with van der Waals surface area (Å²) in [4.78, 5) is 7.67. The minimum atomic E-state index is 0.179. The molecule has 3 aromatic rings. The summed E-state index contributed by atoms with van der Waals surface area (Å²) in [5.74, 6) is 2.27. The van der Waals surface area contributed by atoms with Crippen LogP contribution in [0.25, 0.3) is 11.0 Å². The normalized spacial score (nSPS) is 23.9. The van der Waals surface area contributed by atoms with Crippen LogP contribution in [0.2, 0.25) is 0 Å². The molecular weight excluding hydrogens is 462 g/mol. The molecule has 0 N–H and O–H groups in total. The van der Waals surface area contributed by atoms with Crippen LogP contribution in [-0.2, 0) is 17.6 Å². The molecule has 3 atom stereocenters. The molecule has 0 bridgehead atoms. The number of benzene rings is 2. The molecule has 1 aromatic heterocycles. The van der Waals surface area contributed by atoms with E-state index in [0.717, 1.165) is 31.6 Å². The third-order valence-corrected chi connectivity index (χ3v) is 7.83. The van der Waals surface area contributed by atoms with E-state index in [2.05, 4.69) is 82.6 Å². The number of nitrogens with zero attached hydrogens (tertiary/aromatic N) is 3. The highest BCUT2D eigenvalue weighted by Crippen LogP contribution is 2.35. The van der Waals surface area contributed by atoms with E-state index in [4.69, 9.17) is 9.72 Å². The van der Waals surface area contributed by atoms with Gasteiger partial charge in [-0.25, -0.2) is 4.98 Å². The fourth-order valence-electron chi connectivity index (χ4n) is 5.82. The lowest BCUT2D eigenvalue weighted by Gasteiger charge is -2.40. The smallest absolute Gasteiger partial charge is 0.112 e. The predicted molar refractivity (Wildman–Crippen MR) is 134 cm³/mol. The van der Waals surface area contributed by atoms with Crippen LogP contribution in [0, 0.1) is 12.8 Å². The highest BCUT2D eigenvalue weighted by atomic mass is 79.9. The zero-order valence-corrected chi connectivity index (χ0v) is 21.2. The van der Waals surface area contributed by atoms with Crippen molar-refractivity contribution in [2.24, 2.45) is 5.92 Å². The van der Waals surface area contributed by atoms with Gasteiger partial charge in [-0.2, -0.15) is 0 Å². The molecule has 1 aliphatic carbocycles. The quantitative estimate of drug-likeness (QED) is 0.440. The van der Waals surface area contributed by atoms with Crippen molar-refractivity contribution in [1.29, 1.82) is 0 Å². The van der Waals surface area contributed by atoms with Crippen molar-refractivity contribution in [2.75, 3.05) is 26.7 Å². The third-order valence-electron chi connectivity index (χ3n) is 7.33. The Labute approximate surface area is 200 Å². The molecule has 1 fully saturated rings. The number of hydrogen-bond donors (Lipinski definition) is 0. The van der Waals surface area contributed by atoms with E-state index in [9.17, 15) is 0 Å². The largest absolute Gasteiger partial charge is 0.378 e. The predicted octanol–water partition coefficient (Wildman–Crippen LogP) is 5.91. The van der Waals surface area contributed by atoms with Gasteiger partial charge >= 0.3 is 0 Å². The van der Waals surface area contributed by atoms with Gasteiger partial charge in [0.15, 0.2) is 0 Å². The van der Waals surface area contributed by atoms with Crippen molar-refractivity contribution in [3.63, 3.8) is 0 Å². The number of aryl methyl sites for hydroxylation is 1. The number of rotatable bonds is 5. The molecule has 32 heavy (non-hydrogen) atoms. The SMILES string of the molecule is CO[C@H]1CN(C[C@@H]2Cc3ccc(Br)cc3C2)CC[C@@H]1n1c(C(C)C)nc2cc(C)ccc21. The highest BCUT2D eigenvalue weighted by Gasteiger charge is 2.35. The van der Waals surface area contributed by atoms with E-state index >= 15 is 0 Å². The van der Waals surface area contributed by atoms with Crippen LogP contribution in [0.15, 0.2) is 40.9 Å². The molecule has 5 rings (SSSR count). The molecule has 4 nitrogen and oxygen atoms in total. The zero-order chi connectivity index (χ0) is 22.4. The Morgan fingerprint density at radius 3 is 2.72 bits per heavy atom. The first-order valence-corrected chi connectivity index (χ1v) is 12.7. The second kappa shape index (κ2) is 8.92. The molecule has 0 spiro atoms. The second-order valence-corrected chi connectivity index (χ2v) is 11.0. The van der Waals surface area contributed by atoms with Crippen LogP contribution < -0.4 is 0 Å². The van der Waals surface area contributed by atoms with E-state index in [1.54, 1.807) is 0 Å². The van der Waals surface area contributed by atoms with Gasteiger partial charge in [0.2, 0.25) is 0 Å². The lowest BCUT2D eigenvalue weighted by Crippen LogP contribution is -2.47. The van der Waals surface area contributed by atoms with Gasteiger partial charge in [-0.05, 0) is 73.1 Å². The molecule has 0 amide bonds. The second-order valence-electron chi connectivity index (χ2n) is 10.1. The first kappa shape index (κ1) is 22.1. The number of piperidine rings is 1. The summed E-state index contributed by atoms with van der Waals surface area (Å²) in [5.41, 5.74) is 6.67. The maximum absolute atomic E-state index is 6.11. The molecule has 0 unspecified atom stereocenters. The van der Waals surface area contributed by atoms with Crippen molar-refractivity contribution in [3.05, 3.63) is 63.4 Å². The molecule has 1 saturated heterocycles. The Morgan fingerprint density at radius 1 is 1.12 bits per heavy atom. The Bertz CT molecular complexity index is 1120. The van der Waals surface area contributed by atoms with E-state index in [0.29, 0.717) is 17.9 Å². The summed E-state index contributed by atoms with van der Waals surface area (Å²) in [5, 5.41) is 0. The van der Waals surface area contributed by atoms with Crippen LogP contribution in [0.4, 0.5) is 0 Å². The van der Waals surface area contributed by atoms with Gasteiger partial charge in [-0.1, -0.05) is 41.9 Å². The number of hydrogen-bond acceptors (Lipinski definition) is 3.